The van der Waals surface area contributed by atoms with Crippen molar-refractivity contribution in [1.82, 2.24) is 20.1 Å². The summed E-state index contributed by atoms with van der Waals surface area (Å²) in [6.45, 7) is 4.35. The second kappa shape index (κ2) is 4.61. The molecule has 1 fully saturated rings. The molecule has 0 atom stereocenters. The quantitative estimate of drug-likeness (QED) is 0.850. The maximum Gasteiger partial charge on any atom is 0.0752 e. The van der Waals surface area contributed by atoms with Crippen LogP contribution in [0.3, 0.4) is 0 Å². The summed E-state index contributed by atoms with van der Waals surface area (Å²) in [5.41, 5.74) is 4.99. The average Bonchev–Trinajstić information content (AvgIpc) is 3.00. The van der Waals surface area contributed by atoms with Gasteiger partial charge in [0.05, 0.1) is 5.69 Å². The van der Waals surface area contributed by atoms with Gasteiger partial charge < -0.3 is 10.3 Å². The van der Waals surface area contributed by atoms with E-state index in [4.69, 9.17) is 5.10 Å². The molecule has 0 unspecified atom stereocenters. The van der Waals surface area contributed by atoms with Crippen LogP contribution in [0.5, 0.6) is 0 Å². The molecule has 2 aromatic heterocycles. The molecular formula is C14H20N4. The summed E-state index contributed by atoms with van der Waals surface area (Å²) in [6, 6.07) is 4.18. The minimum absolute atomic E-state index is 0.587. The van der Waals surface area contributed by atoms with Gasteiger partial charge in [-0.05, 0) is 45.0 Å². The van der Waals surface area contributed by atoms with E-state index in [1.54, 1.807) is 0 Å². The standard InChI is InChI=1S/C14H20N4/c1-10-13(12-4-3-7-16-12)14(17-18(10)2)11-5-8-15-9-6-11/h3-4,7,11,15-16H,5-6,8-9H2,1-2H3. The summed E-state index contributed by atoms with van der Waals surface area (Å²) >= 11 is 0. The molecule has 2 aromatic rings. The third kappa shape index (κ3) is 1.86. The number of aromatic amines is 1. The van der Waals surface area contributed by atoms with E-state index in [2.05, 4.69) is 23.3 Å². The van der Waals surface area contributed by atoms with Gasteiger partial charge in [0.25, 0.3) is 0 Å². The highest BCUT2D eigenvalue weighted by Gasteiger charge is 2.24. The van der Waals surface area contributed by atoms with Crippen molar-refractivity contribution in [1.29, 1.82) is 0 Å². The fourth-order valence-electron chi connectivity index (χ4n) is 2.83. The molecule has 4 nitrogen and oxygen atoms in total. The van der Waals surface area contributed by atoms with E-state index in [0.29, 0.717) is 5.92 Å². The minimum Gasteiger partial charge on any atom is -0.361 e. The van der Waals surface area contributed by atoms with Gasteiger partial charge in [-0.15, -0.1) is 0 Å². The van der Waals surface area contributed by atoms with Crippen LogP contribution in [0.1, 0.15) is 30.1 Å². The van der Waals surface area contributed by atoms with Gasteiger partial charge in [0.1, 0.15) is 0 Å². The lowest BCUT2D eigenvalue weighted by Crippen LogP contribution is -2.27. The molecule has 96 valence electrons. The zero-order chi connectivity index (χ0) is 12.5. The number of aromatic nitrogens is 3. The molecular weight excluding hydrogens is 224 g/mol. The number of nitrogens with zero attached hydrogens (tertiary/aromatic N) is 2. The van der Waals surface area contributed by atoms with Crippen LogP contribution in [0, 0.1) is 6.92 Å². The van der Waals surface area contributed by atoms with Crippen molar-refractivity contribution in [3.63, 3.8) is 0 Å². The molecule has 3 rings (SSSR count). The second-order valence-electron chi connectivity index (χ2n) is 5.08. The monoisotopic (exact) mass is 244 g/mol. The Labute approximate surface area is 107 Å². The van der Waals surface area contributed by atoms with E-state index in [1.165, 1.54) is 35.5 Å². The van der Waals surface area contributed by atoms with E-state index >= 15 is 0 Å². The topological polar surface area (TPSA) is 45.6 Å². The lowest BCUT2D eigenvalue weighted by Gasteiger charge is -2.21. The SMILES string of the molecule is Cc1c(-c2ccc[nH]2)c(C2CCNCC2)nn1C. The van der Waals surface area contributed by atoms with Gasteiger partial charge >= 0.3 is 0 Å². The Morgan fingerprint density at radius 2 is 2.11 bits per heavy atom. The first kappa shape index (κ1) is 11.5. The predicted octanol–water partition coefficient (Wildman–Crippen LogP) is 2.19. The lowest BCUT2D eigenvalue weighted by molar-refractivity contribution is 0.450. The molecule has 2 N–H and O–H groups in total. The second-order valence-corrected chi connectivity index (χ2v) is 5.08. The van der Waals surface area contributed by atoms with Crippen molar-refractivity contribution < 1.29 is 0 Å². The molecule has 4 heteroatoms. The summed E-state index contributed by atoms with van der Waals surface area (Å²) in [6.07, 6.45) is 4.35. The molecule has 3 heterocycles. The highest BCUT2D eigenvalue weighted by Crippen LogP contribution is 2.34. The van der Waals surface area contributed by atoms with Gasteiger partial charge in [0.15, 0.2) is 0 Å². The lowest BCUT2D eigenvalue weighted by atomic mass is 9.91. The highest BCUT2D eigenvalue weighted by molar-refractivity contribution is 5.66. The normalized spacial score (nSPS) is 17.2. The average molecular weight is 244 g/mol. The number of hydrogen-bond donors (Lipinski definition) is 2. The van der Waals surface area contributed by atoms with Crippen LogP contribution in [0.25, 0.3) is 11.3 Å². The van der Waals surface area contributed by atoms with E-state index < -0.39 is 0 Å². The van der Waals surface area contributed by atoms with Crippen molar-refractivity contribution >= 4 is 0 Å². The van der Waals surface area contributed by atoms with Crippen LogP contribution < -0.4 is 5.32 Å². The Balaban J connectivity index is 2.06. The number of piperidine rings is 1. The maximum absolute atomic E-state index is 4.76. The Morgan fingerprint density at radius 1 is 1.33 bits per heavy atom. The number of aryl methyl sites for hydroxylation is 1. The zero-order valence-electron chi connectivity index (χ0n) is 11.0. The van der Waals surface area contributed by atoms with Crippen LogP contribution in [0.15, 0.2) is 18.3 Å². The maximum atomic E-state index is 4.76. The van der Waals surface area contributed by atoms with E-state index in [9.17, 15) is 0 Å². The molecule has 0 aliphatic carbocycles. The molecule has 0 amide bonds. The first-order chi connectivity index (χ1) is 8.77. The van der Waals surface area contributed by atoms with E-state index in [0.717, 1.165) is 13.1 Å². The fraction of sp³-hybridized carbons (Fsp3) is 0.500. The number of nitrogens with one attached hydrogen (secondary N) is 2. The van der Waals surface area contributed by atoms with Crippen LogP contribution in [0.2, 0.25) is 0 Å². The zero-order valence-corrected chi connectivity index (χ0v) is 11.0. The first-order valence-corrected chi connectivity index (χ1v) is 6.65. The number of H-pyrrole nitrogens is 1. The van der Waals surface area contributed by atoms with Gasteiger partial charge in [-0.3, -0.25) is 4.68 Å². The van der Waals surface area contributed by atoms with Gasteiger partial charge in [-0.1, -0.05) is 0 Å². The highest BCUT2D eigenvalue weighted by atomic mass is 15.3. The molecule has 1 saturated heterocycles. The largest absolute Gasteiger partial charge is 0.361 e. The molecule has 0 spiro atoms. The Morgan fingerprint density at radius 3 is 2.78 bits per heavy atom. The number of hydrogen-bond acceptors (Lipinski definition) is 2. The Bertz CT molecular complexity index is 518. The van der Waals surface area contributed by atoms with E-state index in [1.807, 2.05) is 24.0 Å². The van der Waals surface area contributed by atoms with Crippen molar-refractivity contribution in [2.45, 2.75) is 25.7 Å². The van der Waals surface area contributed by atoms with Gasteiger partial charge in [-0.25, -0.2) is 0 Å². The summed E-state index contributed by atoms with van der Waals surface area (Å²) < 4.78 is 2.01. The van der Waals surface area contributed by atoms with Crippen molar-refractivity contribution in [2.24, 2.45) is 7.05 Å². The summed E-state index contributed by atoms with van der Waals surface area (Å²) in [4.78, 5) is 3.32. The third-order valence-corrected chi connectivity index (χ3v) is 3.95. The molecule has 18 heavy (non-hydrogen) atoms. The minimum atomic E-state index is 0.587. The predicted molar refractivity (Wildman–Crippen MR) is 72.6 cm³/mol. The van der Waals surface area contributed by atoms with Crippen LogP contribution in [0.4, 0.5) is 0 Å². The summed E-state index contributed by atoms with van der Waals surface area (Å²) in [7, 11) is 2.03. The smallest absolute Gasteiger partial charge is 0.0752 e. The Kier molecular flexibility index (Phi) is 2.96. The number of rotatable bonds is 2. The van der Waals surface area contributed by atoms with Crippen LogP contribution >= 0.6 is 0 Å². The fourth-order valence-corrected chi connectivity index (χ4v) is 2.83. The summed E-state index contributed by atoms with van der Waals surface area (Å²) in [5, 5.41) is 8.18. The molecule has 1 aliphatic rings. The Hall–Kier alpha value is -1.55. The molecule has 0 saturated carbocycles. The van der Waals surface area contributed by atoms with E-state index in [-0.39, 0.29) is 0 Å². The van der Waals surface area contributed by atoms with Crippen molar-refractivity contribution in [3.8, 4) is 11.3 Å². The van der Waals surface area contributed by atoms with Gasteiger partial charge in [0.2, 0.25) is 0 Å². The molecule has 0 radical (unpaired) electrons. The van der Waals surface area contributed by atoms with Gasteiger partial charge in [-0.2, -0.15) is 5.10 Å². The molecule has 0 aromatic carbocycles. The van der Waals surface area contributed by atoms with Crippen molar-refractivity contribution in [2.75, 3.05) is 13.1 Å². The third-order valence-electron chi connectivity index (χ3n) is 3.95. The molecule has 1 aliphatic heterocycles. The first-order valence-electron chi connectivity index (χ1n) is 6.65. The van der Waals surface area contributed by atoms with Gasteiger partial charge in [0, 0.05) is 36.1 Å². The van der Waals surface area contributed by atoms with Crippen LogP contribution in [-0.2, 0) is 7.05 Å². The van der Waals surface area contributed by atoms with Crippen molar-refractivity contribution in [3.05, 3.63) is 29.7 Å². The molecule has 0 bridgehead atoms. The van der Waals surface area contributed by atoms with Crippen LogP contribution in [-0.4, -0.2) is 27.9 Å². The summed E-state index contributed by atoms with van der Waals surface area (Å²) in [5.74, 6) is 0.587.